The zero-order chi connectivity index (χ0) is 19.4. The van der Waals surface area contributed by atoms with Crippen molar-refractivity contribution in [1.82, 2.24) is 9.88 Å². The van der Waals surface area contributed by atoms with Crippen LogP contribution in [-0.4, -0.2) is 24.7 Å². The molecule has 1 amide bonds. The summed E-state index contributed by atoms with van der Waals surface area (Å²) in [5.41, 5.74) is 4.34. The lowest BCUT2D eigenvalue weighted by molar-refractivity contribution is -0.116. The third kappa shape index (κ3) is 4.14. The summed E-state index contributed by atoms with van der Waals surface area (Å²) in [5.74, 6) is 1.14. The molecule has 0 aliphatic carbocycles. The fourth-order valence-electron chi connectivity index (χ4n) is 3.02. The molecule has 1 heterocycles. The molecule has 1 N–H and O–H groups in total. The Morgan fingerprint density at radius 1 is 1.07 bits per heavy atom. The van der Waals surface area contributed by atoms with Crippen LogP contribution in [0.25, 0.3) is 17.0 Å². The number of methoxy groups -OCH3 is 2. The van der Waals surface area contributed by atoms with Crippen LogP contribution < -0.4 is 14.8 Å². The van der Waals surface area contributed by atoms with Crippen molar-refractivity contribution in [3.05, 3.63) is 65.4 Å². The Kier molecular flexibility index (Phi) is 5.50. The van der Waals surface area contributed by atoms with E-state index >= 15 is 0 Å². The Hall–Kier alpha value is -3.21. The zero-order valence-corrected chi connectivity index (χ0v) is 16.1. The largest absolute Gasteiger partial charge is 0.493 e. The summed E-state index contributed by atoms with van der Waals surface area (Å²) >= 11 is 0. The molecule has 0 saturated heterocycles. The Morgan fingerprint density at radius 2 is 1.85 bits per heavy atom. The number of nitrogens with zero attached hydrogens (tertiary/aromatic N) is 1. The van der Waals surface area contributed by atoms with Crippen LogP contribution in [0.3, 0.4) is 0 Å². The maximum Gasteiger partial charge on any atom is 0.244 e. The minimum Gasteiger partial charge on any atom is -0.493 e. The van der Waals surface area contributed by atoms with Crippen LogP contribution in [0.4, 0.5) is 0 Å². The van der Waals surface area contributed by atoms with Gasteiger partial charge in [-0.2, -0.15) is 0 Å². The fraction of sp³-hybridized carbons (Fsp3) is 0.227. The van der Waals surface area contributed by atoms with Crippen LogP contribution >= 0.6 is 0 Å². The Bertz CT molecular complexity index is 1000. The van der Waals surface area contributed by atoms with Gasteiger partial charge in [0.1, 0.15) is 0 Å². The molecular formula is C22H24N2O3. The number of aryl methyl sites for hydroxylation is 2. The van der Waals surface area contributed by atoms with Crippen molar-refractivity contribution < 1.29 is 14.3 Å². The summed E-state index contributed by atoms with van der Waals surface area (Å²) in [5, 5.41) is 4.10. The van der Waals surface area contributed by atoms with Crippen LogP contribution in [-0.2, 0) is 18.4 Å². The molecule has 0 fully saturated rings. The van der Waals surface area contributed by atoms with Gasteiger partial charge in [0.05, 0.1) is 14.2 Å². The van der Waals surface area contributed by atoms with Crippen molar-refractivity contribution in [2.75, 3.05) is 14.2 Å². The molecule has 5 nitrogen and oxygen atoms in total. The molecule has 0 spiro atoms. The molecule has 0 bridgehead atoms. The number of nitrogens with one attached hydrogen (secondary N) is 1. The molecule has 0 atom stereocenters. The molecule has 5 heteroatoms. The minimum atomic E-state index is -0.144. The smallest absolute Gasteiger partial charge is 0.244 e. The quantitative estimate of drug-likeness (QED) is 0.676. The van der Waals surface area contributed by atoms with E-state index in [2.05, 4.69) is 42.1 Å². The number of ether oxygens (including phenoxy) is 2. The van der Waals surface area contributed by atoms with Gasteiger partial charge in [-0.1, -0.05) is 12.1 Å². The monoisotopic (exact) mass is 364 g/mol. The lowest BCUT2D eigenvalue weighted by Crippen LogP contribution is -2.20. The van der Waals surface area contributed by atoms with Gasteiger partial charge >= 0.3 is 0 Å². The molecule has 3 aromatic rings. The van der Waals surface area contributed by atoms with Crippen LogP contribution in [0.15, 0.2) is 48.5 Å². The lowest BCUT2D eigenvalue weighted by atomic mass is 10.1. The van der Waals surface area contributed by atoms with Crippen LogP contribution in [0.2, 0.25) is 0 Å². The summed E-state index contributed by atoms with van der Waals surface area (Å²) in [6, 6.07) is 13.9. The third-order valence-corrected chi connectivity index (χ3v) is 4.65. The van der Waals surface area contributed by atoms with E-state index in [-0.39, 0.29) is 5.91 Å². The van der Waals surface area contributed by atoms with Crippen molar-refractivity contribution in [2.45, 2.75) is 13.5 Å². The second kappa shape index (κ2) is 7.99. The lowest BCUT2D eigenvalue weighted by Gasteiger charge is -2.07. The molecule has 0 saturated carbocycles. The van der Waals surface area contributed by atoms with Crippen LogP contribution in [0, 0.1) is 6.92 Å². The average molecular weight is 364 g/mol. The second-order valence-corrected chi connectivity index (χ2v) is 6.40. The number of carbonyl (C=O) groups is 1. The third-order valence-electron chi connectivity index (χ3n) is 4.65. The fourth-order valence-corrected chi connectivity index (χ4v) is 3.02. The van der Waals surface area contributed by atoms with Crippen molar-refractivity contribution in [3.63, 3.8) is 0 Å². The highest BCUT2D eigenvalue weighted by Crippen LogP contribution is 2.28. The molecule has 0 radical (unpaired) electrons. The van der Waals surface area contributed by atoms with Gasteiger partial charge in [0.15, 0.2) is 11.5 Å². The van der Waals surface area contributed by atoms with E-state index in [1.165, 1.54) is 22.7 Å². The maximum absolute atomic E-state index is 12.1. The van der Waals surface area contributed by atoms with Crippen molar-refractivity contribution in [1.29, 1.82) is 0 Å². The van der Waals surface area contributed by atoms with Crippen LogP contribution in [0.1, 0.15) is 16.8 Å². The van der Waals surface area contributed by atoms with E-state index < -0.39 is 0 Å². The molecule has 0 unspecified atom stereocenters. The van der Waals surface area contributed by atoms with Gasteiger partial charge in [0.2, 0.25) is 5.91 Å². The summed E-state index contributed by atoms with van der Waals surface area (Å²) < 4.78 is 12.6. The summed E-state index contributed by atoms with van der Waals surface area (Å²) in [6.07, 6.45) is 3.27. The van der Waals surface area contributed by atoms with Crippen LogP contribution in [0.5, 0.6) is 11.5 Å². The molecule has 1 aromatic heterocycles. The highest BCUT2D eigenvalue weighted by Gasteiger charge is 2.05. The van der Waals surface area contributed by atoms with Gasteiger partial charge in [-0.05, 0) is 54.5 Å². The van der Waals surface area contributed by atoms with E-state index in [0.29, 0.717) is 18.0 Å². The zero-order valence-electron chi connectivity index (χ0n) is 16.1. The number of rotatable bonds is 6. The first-order valence-electron chi connectivity index (χ1n) is 8.74. The summed E-state index contributed by atoms with van der Waals surface area (Å²) in [7, 11) is 5.23. The molecule has 27 heavy (non-hydrogen) atoms. The SMILES string of the molecule is COc1ccc(/C=C/C(=O)NCc2ccc3c(c2)cc(C)n3C)cc1OC. The predicted octanol–water partition coefficient (Wildman–Crippen LogP) is 3.83. The second-order valence-electron chi connectivity index (χ2n) is 6.40. The van der Waals surface area contributed by atoms with Gasteiger partial charge in [-0.15, -0.1) is 0 Å². The van der Waals surface area contributed by atoms with E-state index in [1.54, 1.807) is 20.3 Å². The normalized spacial score (nSPS) is 11.1. The summed E-state index contributed by atoms with van der Waals surface area (Å²) in [4.78, 5) is 12.1. The standard InChI is InChI=1S/C22H24N2O3/c1-15-11-18-12-17(5-8-19(18)24(15)2)14-23-22(25)10-7-16-6-9-20(26-3)21(13-16)27-4/h5-13H,14H2,1-4H3,(H,23,25)/b10-7+. The van der Waals surface area contributed by atoms with E-state index in [4.69, 9.17) is 9.47 Å². The minimum absolute atomic E-state index is 0.144. The number of aromatic nitrogens is 1. The molecule has 2 aromatic carbocycles. The number of amides is 1. The topological polar surface area (TPSA) is 52.5 Å². The van der Waals surface area contributed by atoms with Gasteiger partial charge in [0.25, 0.3) is 0 Å². The van der Waals surface area contributed by atoms with Gasteiger partial charge < -0.3 is 19.4 Å². The van der Waals surface area contributed by atoms with Crippen molar-refractivity contribution >= 4 is 22.9 Å². The van der Waals surface area contributed by atoms with E-state index in [9.17, 15) is 4.79 Å². The molecule has 0 aliphatic heterocycles. The highest BCUT2D eigenvalue weighted by atomic mass is 16.5. The van der Waals surface area contributed by atoms with Gasteiger partial charge in [-0.25, -0.2) is 0 Å². The van der Waals surface area contributed by atoms with Gasteiger partial charge in [-0.3, -0.25) is 4.79 Å². The first kappa shape index (κ1) is 18.6. The Balaban J connectivity index is 1.63. The average Bonchev–Trinajstić information content (AvgIpc) is 2.97. The predicted molar refractivity (Wildman–Crippen MR) is 108 cm³/mol. The molecule has 3 rings (SSSR count). The summed E-state index contributed by atoms with van der Waals surface area (Å²) in [6.45, 7) is 2.57. The number of hydrogen-bond acceptors (Lipinski definition) is 3. The molecule has 0 aliphatic rings. The number of benzene rings is 2. The van der Waals surface area contributed by atoms with Crippen molar-refractivity contribution in [2.24, 2.45) is 7.05 Å². The Labute approximate surface area is 159 Å². The Morgan fingerprint density at radius 3 is 2.59 bits per heavy atom. The van der Waals surface area contributed by atoms with E-state index in [1.807, 2.05) is 24.3 Å². The number of hydrogen-bond donors (Lipinski definition) is 1. The van der Waals surface area contributed by atoms with Crippen molar-refractivity contribution in [3.8, 4) is 11.5 Å². The number of carbonyl (C=O) groups excluding carboxylic acids is 1. The van der Waals surface area contributed by atoms with E-state index in [0.717, 1.165) is 11.1 Å². The highest BCUT2D eigenvalue weighted by molar-refractivity contribution is 5.91. The first-order chi connectivity index (χ1) is 13.0. The number of fused-ring (bicyclic) bond motifs is 1. The molecule has 140 valence electrons. The maximum atomic E-state index is 12.1. The first-order valence-corrected chi connectivity index (χ1v) is 8.74. The van der Waals surface area contributed by atoms with Gasteiger partial charge in [0, 0.05) is 36.3 Å². The molecular weight excluding hydrogens is 340 g/mol.